The fourth-order valence-corrected chi connectivity index (χ4v) is 6.97. The van der Waals surface area contributed by atoms with Crippen LogP contribution in [0, 0.1) is 25.2 Å². The highest BCUT2D eigenvalue weighted by Gasteiger charge is 2.18. The Balaban J connectivity index is 1.58. The summed E-state index contributed by atoms with van der Waals surface area (Å²) in [6, 6.07) is 41.4. The number of fused-ring (bicyclic) bond motifs is 13. The molecule has 4 heterocycles. The van der Waals surface area contributed by atoms with Crippen molar-refractivity contribution >= 4 is 70.8 Å². The van der Waals surface area contributed by atoms with Gasteiger partial charge in [-0.05, 0) is 73.3 Å². The summed E-state index contributed by atoms with van der Waals surface area (Å²) >= 11 is 0. The highest BCUT2D eigenvalue weighted by molar-refractivity contribution is 6.14. The Bertz CT molecular complexity index is 2610. The van der Waals surface area contributed by atoms with E-state index in [0.717, 1.165) is 60.6 Å². The molecule has 9 rings (SSSR count). The molecule has 0 aliphatic rings. The van der Waals surface area contributed by atoms with Crippen LogP contribution in [-0.4, -0.2) is 14.0 Å². The van der Waals surface area contributed by atoms with E-state index in [1.165, 1.54) is 27.1 Å². The van der Waals surface area contributed by atoms with Gasteiger partial charge in [-0.2, -0.15) is 5.26 Å². The summed E-state index contributed by atoms with van der Waals surface area (Å²) in [5, 5.41) is 18.7. The first-order chi connectivity index (χ1) is 20.6. The van der Waals surface area contributed by atoms with Gasteiger partial charge in [0.25, 0.3) is 0 Å². The van der Waals surface area contributed by atoms with Crippen molar-refractivity contribution in [2.75, 3.05) is 0 Å². The molecule has 196 valence electrons. The lowest BCUT2D eigenvalue weighted by Crippen LogP contribution is -1.99. The molecular formula is C38H24N4. The maximum Gasteiger partial charge on any atom is 0.101 e. The lowest BCUT2D eigenvalue weighted by Gasteiger charge is -2.13. The molecule has 0 aliphatic carbocycles. The Morgan fingerprint density at radius 2 is 1.21 bits per heavy atom. The Hall–Kier alpha value is -5.66. The lowest BCUT2D eigenvalue weighted by atomic mass is 10.0. The largest absolute Gasteiger partial charge is 0.309 e. The van der Waals surface area contributed by atoms with E-state index in [1.54, 1.807) is 0 Å². The van der Waals surface area contributed by atoms with Crippen molar-refractivity contribution in [2.24, 2.45) is 0 Å². The molecule has 0 saturated carbocycles. The summed E-state index contributed by atoms with van der Waals surface area (Å²) < 4.78 is 4.59. The minimum atomic E-state index is 0.629. The van der Waals surface area contributed by atoms with E-state index < -0.39 is 0 Å². The van der Waals surface area contributed by atoms with Crippen molar-refractivity contribution in [3.8, 4) is 11.8 Å². The second kappa shape index (κ2) is 8.19. The zero-order chi connectivity index (χ0) is 28.1. The van der Waals surface area contributed by atoms with E-state index in [1.807, 2.05) is 0 Å². The van der Waals surface area contributed by atoms with Crippen molar-refractivity contribution in [3.63, 3.8) is 0 Å². The predicted molar refractivity (Wildman–Crippen MR) is 174 cm³/mol. The summed E-state index contributed by atoms with van der Waals surface area (Å²) in [5.41, 5.74) is 10.0. The Morgan fingerprint density at radius 1 is 0.571 bits per heavy atom. The minimum Gasteiger partial charge on any atom is -0.309 e. The fraction of sp³-hybridized carbons (Fsp3) is 0.0526. The highest BCUT2D eigenvalue weighted by Crippen LogP contribution is 2.38. The van der Waals surface area contributed by atoms with Crippen LogP contribution in [0.3, 0.4) is 0 Å². The van der Waals surface area contributed by atoms with E-state index in [-0.39, 0.29) is 0 Å². The Morgan fingerprint density at radius 3 is 1.95 bits per heavy atom. The molecule has 0 N–H and O–H groups in total. The van der Waals surface area contributed by atoms with Gasteiger partial charge in [0.1, 0.15) is 6.07 Å². The number of nitriles is 1. The second-order valence-corrected chi connectivity index (χ2v) is 11.3. The predicted octanol–water partition coefficient (Wildman–Crippen LogP) is 9.53. The third kappa shape index (κ3) is 3.02. The van der Waals surface area contributed by atoms with E-state index >= 15 is 0 Å². The van der Waals surface area contributed by atoms with Gasteiger partial charge in [-0.3, -0.25) is 4.98 Å². The molecule has 4 bridgehead atoms. The summed E-state index contributed by atoms with van der Waals surface area (Å²) in [4.78, 5) is 4.94. The molecule has 0 radical (unpaired) electrons. The third-order valence-corrected chi connectivity index (χ3v) is 8.78. The number of pyridine rings is 1. The van der Waals surface area contributed by atoms with Crippen LogP contribution >= 0.6 is 0 Å². The van der Waals surface area contributed by atoms with Crippen LogP contribution in [-0.2, 0) is 0 Å². The average Bonchev–Trinajstić information content (AvgIpc) is 3.52. The number of aryl methyl sites for hydroxylation is 2. The molecule has 0 fully saturated rings. The van der Waals surface area contributed by atoms with Gasteiger partial charge in [-0.1, -0.05) is 60.7 Å². The summed E-state index contributed by atoms with van der Waals surface area (Å²) in [6.45, 7) is 4.19. The van der Waals surface area contributed by atoms with Crippen LogP contribution in [0.4, 0.5) is 0 Å². The van der Waals surface area contributed by atoms with Gasteiger partial charge in [0.15, 0.2) is 0 Å². The van der Waals surface area contributed by atoms with E-state index in [9.17, 15) is 5.26 Å². The molecule has 0 aliphatic heterocycles. The van der Waals surface area contributed by atoms with Crippen molar-refractivity contribution in [3.05, 3.63) is 126 Å². The standard InChI is InChI=1S/C38H24N4/c1-22-11-13-29-30-14-12-24-18-37(30)42(36(29)15-22)38-19-26(21-39)35(20-31(38)25-16-23(2)40-32(24)17-25)41-33-9-5-3-7-27(33)28-8-4-6-10-34(28)41/h3-20H,1-2H3. The molecule has 0 unspecified atom stereocenters. The topological polar surface area (TPSA) is 46.0 Å². The summed E-state index contributed by atoms with van der Waals surface area (Å²) in [5.74, 6) is 0. The van der Waals surface area contributed by atoms with Gasteiger partial charge < -0.3 is 8.97 Å². The molecule has 0 atom stereocenters. The van der Waals surface area contributed by atoms with Crippen LogP contribution in [0.5, 0.6) is 0 Å². The first kappa shape index (κ1) is 23.1. The monoisotopic (exact) mass is 536 g/mol. The Labute approximate surface area is 241 Å². The highest BCUT2D eigenvalue weighted by atomic mass is 15.0. The molecule has 0 spiro atoms. The normalized spacial score (nSPS) is 12.0. The number of nitrogens with zero attached hydrogens (tertiary/aromatic N) is 4. The second-order valence-electron chi connectivity index (χ2n) is 11.3. The van der Waals surface area contributed by atoms with Crippen LogP contribution in [0.2, 0.25) is 0 Å². The first-order valence-electron chi connectivity index (χ1n) is 14.2. The zero-order valence-electron chi connectivity index (χ0n) is 23.2. The number of hydrogen-bond donors (Lipinski definition) is 0. The van der Waals surface area contributed by atoms with Gasteiger partial charge >= 0.3 is 0 Å². The maximum absolute atomic E-state index is 10.7. The SMILES string of the molecule is Cc1ccc2c3ccc4cc3n(c3cc(C#N)c(-n5c6ccccc6c6ccccc65)cc3c3cc(C)nc4c3)c2c1. The van der Waals surface area contributed by atoms with E-state index in [4.69, 9.17) is 4.98 Å². The van der Waals surface area contributed by atoms with Crippen molar-refractivity contribution in [1.82, 2.24) is 14.0 Å². The van der Waals surface area contributed by atoms with Crippen molar-refractivity contribution in [1.29, 1.82) is 5.26 Å². The maximum atomic E-state index is 10.7. The van der Waals surface area contributed by atoms with E-state index in [0.29, 0.717) is 5.56 Å². The summed E-state index contributed by atoms with van der Waals surface area (Å²) in [6.07, 6.45) is 0. The summed E-state index contributed by atoms with van der Waals surface area (Å²) in [7, 11) is 0. The van der Waals surface area contributed by atoms with Gasteiger partial charge in [0.2, 0.25) is 0 Å². The zero-order valence-corrected chi connectivity index (χ0v) is 23.2. The van der Waals surface area contributed by atoms with Crippen molar-refractivity contribution < 1.29 is 0 Å². The van der Waals surface area contributed by atoms with Crippen molar-refractivity contribution in [2.45, 2.75) is 13.8 Å². The molecule has 0 saturated heterocycles. The van der Waals surface area contributed by atoms with Gasteiger partial charge in [-0.15, -0.1) is 0 Å². The van der Waals surface area contributed by atoms with Gasteiger partial charge in [-0.25, -0.2) is 0 Å². The van der Waals surface area contributed by atoms with Crippen LogP contribution in [0.15, 0.2) is 109 Å². The van der Waals surface area contributed by atoms with Gasteiger partial charge in [0, 0.05) is 38.0 Å². The fourth-order valence-electron chi connectivity index (χ4n) is 6.97. The van der Waals surface area contributed by atoms with Gasteiger partial charge in [0.05, 0.1) is 44.4 Å². The molecule has 42 heavy (non-hydrogen) atoms. The molecule has 4 nitrogen and oxygen atoms in total. The van der Waals surface area contributed by atoms with E-state index in [2.05, 4.69) is 138 Å². The number of para-hydroxylation sites is 2. The quantitative estimate of drug-likeness (QED) is 0.210. The van der Waals surface area contributed by atoms with Crippen LogP contribution < -0.4 is 0 Å². The molecule has 5 aromatic carbocycles. The number of hydrogen-bond acceptors (Lipinski definition) is 2. The smallest absolute Gasteiger partial charge is 0.101 e. The average molecular weight is 537 g/mol. The lowest BCUT2D eigenvalue weighted by molar-refractivity contribution is 1.17. The Kier molecular flexibility index (Phi) is 4.50. The molecular weight excluding hydrogens is 512 g/mol. The third-order valence-electron chi connectivity index (χ3n) is 8.78. The minimum absolute atomic E-state index is 0.629. The van der Waals surface area contributed by atoms with Crippen LogP contribution in [0.1, 0.15) is 16.8 Å². The molecule has 9 aromatic rings. The molecule has 4 heteroatoms. The van der Waals surface area contributed by atoms with Crippen LogP contribution in [0.25, 0.3) is 76.5 Å². The number of aromatic nitrogens is 3. The molecule has 4 aromatic heterocycles. The molecule has 0 amide bonds. The number of benzene rings is 5. The number of rotatable bonds is 1. The first-order valence-corrected chi connectivity index (χ1v) is 14.2.